The van der Waals surface area contributed by atoms with Crippen molar-refractivity contribution in [3.8, 4) is 0 Å². The normalized spacial score (nSPS) is 27.1. The molecule has 3 heterocycles. The Labute approximate surface area is 256 Å². The van der Waals surface area contributed by atoms with E-state index in [2.05, 4.69) is 34.9 Å². The zero-order chi connectivity index (χ0) is 30.2. The molecule has 2 fully saturated rings. The average molecular weight is 615 g/mol. The standard InChI is InChI=1S/C31H42N4O5S2/c1-19(34(5)29(39)40-30(2,3)4)26(36)33-22-13-17-42-24-18-31(14-8-9-15-31)25(35(24)28(22)38)27(37)32-21-12-16-41-23-11-7-6-10-20(21)23/h6-11,19,21-22,24-25H,12-18H2,1-5H3,(H,32,37)(H,33,36)/t19-,21?,22?,24-,25+/m0/s1. The molecule has 0 bridgehead atoms. The van der Waals surface area contributed by atoms with Crippen molar-refractivity contribution >= 4 is 47.3 Å². The quantitative estimate of drug-likeness (QED) is 0.471. The van der Waals surface area contributed by atoms with Gasteiger partial charge in [-0.15, -0.1) is 23.5 Å². The van der Waals surface area contributed by atoms with Gasteiger partial charge in [0, 0.05) is 23.1 Å². The number of ether oxygens (including phenoxy) is 1. The molecule has 1 aliphatic carbocycles. The first kappa shape index (κ1) is 30.8. The average Bonchev–Trinajstić information content (AvgIpc) is 3.50. The number of thioether (sulfide) groups is 2. The van der Waals surface area contributed by atoms with Gasteiger partial charge in [-0.25, -0.2) is 4.79 Å². The second kappa shape index (κ2) is 12.1. The van der Waals surface area contributed by atoms with Crippen LogP contribution in [0.5, 0.6) is 0 Å². The van der Waals surface area contributed by atoms with Gasteiger partial charge in [0.1, 0.15) is 23.7 Å². The highest BCUT2D eigenvalue weighted by Crippen LogP contribution is 2.53. The summed E-state index contributed by atoms with van der Waals surface area (Å²) >= 11 is 3.49. The van der Waals surface area contributed by atoms with Gasteiger partial charge in [0.25, 0.3) is 0 Å². The van der Waals surface area contributed by atoms with Gasteiger partial charge in [0.05, 0.1) is 11.4 Å². The first-order valence-electron chi connectivity index (χ1n) is 14.8. The SMILES string of the molecule is C[C@@H](C(=O)NC1CCS[C@H]2CC3(CC=CC3)[C@@H](C(=O)NC3CCSc4ccccc43)N2C1=O)N(C)C(=O)OC(C)(C)C. The maximum atomic E-state index is 14.2. The van der Waals surface area contributed by atoms with Crippen molar-refractivity contribution < 1.29 is 23.9 Å². The Hall–Kier alpha value is -2.66. The molecule has 4 aliphatic rings. The molecule has 0 radical (unpaired) electrons. The third kappa shape index (κ3) is 6.18. The summed E-state index contributed by atoms with van der Waals surface area (Å²) in [4.78, 5) is 58.5. The molecule has 0 aromatic heterocycles. The van der Waals surface area contributed by atoms with Crippen molar-refractivity contribution in [3.05, 3.63) is 42.0 Å². The lowest BCUT2D eigenvalue weighted by molar-refractivity contribution is -0.144. The minimum absolute atomic E-state index is 0.102. The van der Waals surface area contributed by atoms with Crippen LogP contribution in [0.2, 0.25) is 0 Å². The van der Waals surface area contributed by atoms with Crippen LogP contribution in [0.25, 0.3) is 0 Å². The van der Waals surface area contributed by atoms with Crippen molar-refractivity contribution in [2.24, 2.45) is 5.41 Å². The maximum Gasteiger partial charge on any atom is 0.410 e. The van der Waals surface area contributed by atoms with E-state index in [1.807, 2.05) is 12.1 Å². The summed E-state index contributed by atoms with van der Waals surface area (Å²) < 4.78 is 5.41. The fraction of sp³-hybridized carbons (Fsp3) is 0.613. The third-order valence-corrected chi connectivity index (χ3v) is 11.1. The summed E-state index contributed by atoms with van der Waals surface area (Å²) in [5.41, 5.74) is 0.0798. The Morgan fingerprint density at radius 2 is 1.76 bits per heavy atom. The number of rotatable bonds is 5. The van der Waals surface area contributed by atoms with Gasteiger partial charge in [0.2, 0.25) is 17.7 Å². The van der Waals surface area contributed by atoms with Crippen LogP contribution >= 0.6 is 23.5 Å². The van der Waals surface area contributed by atoms with Crippen molar-refractivity contribution in [3.63, 3.8) is 0 Å². The number of carbonyl (C=O) groups excluding carboxylic acids is 4. The molecular weight excluding hydrogens is 572 g/mol. The molecular formula is C31H42N4O5S2. The summed E-state index contributed by atoms with van der Waals surface area (Å²) in [6.45, 7) is 6.92. The predicted molar refractivity (Wildman–Crippen MR) is 165 cm³/mol. The van der Waals surface area contributed by atoms with E-state index in [-0.39, 0.29) is 28.6 Å². The number of amides is 4. The Morgan fingerprint density at radius 3 is 2.48 bits per heavy atom. The van der Waals surface area contributed by atoms with E-state index in [9.17, 15) is 19.2 Å². The molecule has 5 rings (SSSR count). The molecule has 11 heteroatoms. The lowest BCUT2D eigenvalue weighted by Crippen LogP contribution is -2.59. The fourth-order valence-corrected chi connectivity index (χ4v) is 9.01. The van der Waals surface area contributed by atoms with Crippen LogP contribution in [0.1, 0.15) is 71.4 Å². The Bertz CT molecular complexity index is 1260. The smallest absolute Gasteiger partial charge is 0.410 e. The number of hydrogen-bond acceptors (Lipinski definition) is 7. The second-order valence-electron chi connectivity index (χ2n) is 12.8. The molecule has 1 aromatic carbocycles. The molecule has 1 aromatic rings. The minimum Gasteiger partial charge on any atom is -0.444 e. The number of fused-ring (bicyclic) bond motifs is 2. The lowest BCUT2D eigenvalue weighted by atomic mass is 9.77. The molecule has 4 amide bonds. The first-order valence-corrected chi connectivity index (χ1v) is 16.8. The summed E-state index contributed by atoms with van der Waals surface area (Å²) in [5.74, 6) is 0.823. The van der Waals surface area contributed by atoms with Crippen molar-refractivity contribution in [1.82, 2.24) is 20.4 Å². The highest BCUT2D eigenvalue weighted by atomic mass is 32.2. The van der Waals surface area contributed by atoms with Gasteiger partial charge in [-0.1, -0.05) is 30.4 Å². The number of benzene rings is 1. The Balaban J connectivity index is 1.34. The van der Waals surface area contributed by atoms with E-state index < -0.39 is 35.7 Å². The highest BCUT2D eigenvalue weighted by Gasteiger charge is 2.58. The molecule has 3 aliphatic heterocycles. The zero-order valence-corrected chi connectivity index (χ0v) is 26.7. The van der Waals surface area contributed by atoms with Gasteiger partial charge in [-0.05, 0) is 77.2 Å². The van der Waals surface area contributed by atoms with Gasteiger partial charge < -0.3 is 20.3 Å². The van der Waals surface area contributed by atoms with Crippen LogP contribution in [0.15, 0.2) is 41.3 Å². The number of hydrogen-bond donors (Lipinski definition) is 2. The van der Waals surface area contributed by atoms with Crippen molar-refractivity contribution in [1.29, 1.82) is 0 Å². The largest absolute Gasteiger partial charge is 0.444 e. The highest BCUT2D eigenvalue weighted by molar-refractivity contribution is 8.00. The molecule has 2 unspecified atom stereocenters. The zero-order valence-electron chi connectivity index (χ0n) is 25.1. The van der Waals surface area contributed by atoms with E-state index in [4.69, 9.17) is 4.74 Å². The molecule has 1 spiro atoms. The third-order valence-electron chi connectivity index (χ3n) is 8.72. The summed E-state index contributed by atoms with van der Waals surface area (Å²) in [6, 6.07) is 5.84. The van der Waals surface area contributed by atoms with Gasteiger partial charge in [0.15, 0.2) is 0 Å². The minimum atomic E-state index is -0.841. The van der Waals surface area contributed by atoms with E-state index >= 15 is 0 Å². The summed E-state index contributed by atoms with van der Waals surface area (Å²) in [5, 5.41) is 6.11. The summed E-state index contributed by atoms with van der Waals surface area (Å²) in [6.07, 6.45) is 7.17. The van der Waals surface area contributed by atoms with Crippen molar-refractivity contribution in [2.45, 2.75) is 99.8 Å². The van der Waals surface area contributed by atoms with Crippen LogP contribution in [-0.4, -0.2) is 81.3 Å². The molecule has 5 atom stereocenters. The van der Waals surface area contributed by atoms with E-state index in [1.165, 1.54) is 16.8 Å². The topological polar surface area (TPSA) is 108 Å². The van der Waals surface area contributed by atoms with Crippen LogP contribution < -0.4 is 10.6 Å². The van der Waals surface area contributed by atoms with Gasteiger partial charge >= 0.3 is 6.09 Å². The number of allylic oxidation sites excluding steroid dienone is 2. The molecule has 228 valence electrons. The molecule has 2 saturated heterocycles. The van der Waals surface area contributed by atoms with Crippen LogP contribution in [0.3, 0.4) is 0 Å². The first-order chi connectivity index (χ1) is 19.9. The number of carbonyl (C=O) groups is 4. The van der Waals surface area contributed by atoms with Crippen molar-refractivity contribution in [2.75, 3.05) is 18.6 Å². The Morgan fingerprint density at radius 1 is 1.07 bits per heavy atom. The number of nitrogens with one attached hydrogen (secondary N) is 2. The number of likely N-dealkylation sites (N-methyl/N-ethyl adjacent to an activating group) is 1. The second-order valence-corrected chi connectivity index (χ2v) is 15.2. The monoisotopic (exact) mass is 614 g/mol. The van der Waals surface area contributed by atoms with E-state index in [0.717, 1.165) is 37.0 Å². The van der Waals surface area contributed by atoms with Gasteiger partial charge in [-0.2, -0.15) is 0 Å². The maximum absolute atomic E-state index is 14.2. The van der Waals surface area contributed by atoms with Crippen LogP contribution in [0, 0.1) is 5.41 Å². The predicted octanol–water partition coefficient (Wildman–Crippen LogP) is 4.48. The number of nitrogens with zero attached hydrogens (tertiary/aromatic N) is 2. The summed E-state index contributed by atoms with van der Waals surface area (Å²) in [7, 11) is 1.51. The van der Waals surface area contributed by atoms with Crippen LogP contribution in [0.4, 0.5) is 4.79 Å². The molecule has 2 N–H and O–H groups in total. The Kier molecular flexibility index (Phi) is 8.90. The van der Waals surface area contributed by atoms with Gasteiger partial charge in [-0.3, -0.25) is 19.3 Å². The van der Waals surface area contributed by atoms with Crippen LogP contribution in [-0.2, 0) is 19.1 Å². The lowest BCUT2D eigenvalue weighted by Gasteiger charge is -2.37. The fourth-order valence-electron chi connectivity index (χ4n) is 6.40. The molecule has 42 heavy (non-hydrogen) atoms. The van der Waals surface area contributed by atoms with E-state index in [0.29, 0.717) is 12.2 Å². The van der Waals surface area contributed by atoms with E-state index in [1.54, 1.807) is 56.1 Å². The molecule has 0 saturated carbocycles. The molecule has 9 nitrogen and oxygen atoms in total.